The van der Waals surface area contributed by atoms with E-state index < -0.39 is 6.10 Å². The molecule has 1 aromatic heterocycles. The standard InChI is InChI=1S/C7H9NO2S/c1-5(9)7(10)8-6-3-2-4-11-6/h2-5,9H,1H3,(H,8,10). The molecule has 1 unspecified atom stereocenters. The number of hydrogen-bond acceptors (Lipinski definition) is 3. The van der Waals surface area contributed by atoms with Crippen molar-refractivity contribution >= 4 is 22.2 Å². The van der Waals surface area contributed by atoms with E-state index in [0.29, 0.717) is 0 Å². The third kappa shape index (κ3) is 2.32. The van der Waals surface area contributed by atoms with Gasteiger partial charge in [-0.15, -0.1) is 11.3 Å². The van der Waals surface area contributed by atoms with Crippen LogP contribution in [-0.2, 0) is 4.79 Å². The number of hydrogen-bond donors (Lipinski definition) is 2. The monoisotopic (exact) mass is 171 g/mol. The van der Waals surface area contributed by atoms with Crippen molar-refractivity contribution in [1.29, 1.82) is 0 Å². The van der Waals surface area contributed by atoms with Crippen molar-refractivity contribution in [2.45, 2.75) is 13.0 Å². The molecule has 0 saturated heterocycles. The Morgan fingerprint density at radius 3 is 3.00 bits per heavy atom. The van der Waals surface area contributed by atoms with Gasteiger partial charge < -0.3 is 10.4 Å². The number of rotatable bonds is 2. The largest absolute Gasteiger partial charge is 0.384 e. The zero-order chi connectivity index (χ0) is 8.27. The second kappa shape index (κ2) is 3.50. The minimum absolute atomic E-state index is 0.368. The molecule has 1 atom stereocenters. The van der Waals surface area contributed by atoms with E-state index in [1.54, 1.807) is 6.07 Å². The van der Waals surface area contributed by atoms with Crippen LogP contribution in [0.2, 0.25) is 0 Å². The zero-order valence-corrected chi connectivity index (χ0v) is 6.89. The van der Waals surface area contributed by atoms with Gasteiger partial charge in [0.1, 0.15) is 6.10 Å². The van der Waals surface area contributed by atoms with Gasteiger partial charge in [-0.1, -0.05) is 0 Å². The van der Waals surface area contributed by atoms with Gasteiger partial charge in [-0.25, -0.2) is 0 Å². The third-order valence-electron chi connectivity index (χ3n) is 1.15. The number of aliphatic hydroxyl groups is 1. The summed E-state index contributed by atoms with van der Waals surface area (Å²) in [6.07, 6.45) is -0.947. The van der Waals surface area contributed by atoms with Gasteiger partial charge in [0.05, 0.1) is 5.00 Å². The molecule has 0 bridgehead atoms. The summed E-state index contributed by atoms with van der Waals surface area (Å²) in [6.45, 7) is 1.43. The fourth-order valence-corrected chi connectivity index (χ4v) is 1.20. The molecule has 0 aromatic carbocycles. The van der Waals surface area contributed by atoms with Crippen molar-refractivity contribution in [2.75, 3.05) is 5.32 Å². The third-order valence-corrected chi connectivity index (χ3v) is 1.93. The number of aliphatic hydroxyl groups excluding tert-OH is 1. The van der Waals surface area contributed by atoms with Gasteiger partial charge in [0, 0.05) is 0 Å². The summed E-state index contributed by atoms with van der Waals surface area (Å²) in [7, 11) is 0. The van der Waals surface area contributed by atoms with Crippen molar-refractivity contribution in [3.8, 4) is 0 Å². The predicted octanol–water partition coefficient (Wildman–Crippen LogP) is 1.07. The average Bonchev–Trinajstić information content (AvgIpc) is 2.39. The minimum Gasteiger partial charge on any atom is -0.384 e. The van der Waals surface area contributed by atoms with Gasteiger partial charge >= 0.3 is 0 Å². The summed E-state index contributed by atoms with van der Waals surface area (Å²) in [5.41, 5.74) is 0. The Morgan fingerprint density at radius 1 is 1.82 bits per heavy atom. The Hall–Kier alpha value is -0.870. The van der Waals surface area contributed by atoms with Gasteiger partial charge in [-0.3, -0.25) is 4.79 Å². The lowest BCUT2D eigenvalue weighted by Gasteiger charge is -2.02. The molecule has 11 heavy (non-hydrogen) atoms. The first-order valence-electron chi connectivity index (χ1n) is 3.22. The first-order valence-corrected chi connectivity index (χ1v) is 4.10. The number of carbonyl (C=O) groups is 1. The smallest absolute Gasteiger partial charge is 0.253 e. The number of thiophene rings is 1. The van der Waals surface area contributed by atoms with Gasteiger partial charge in [0.15, 0.2) is 0 Å². The molecule has 1 rings (SSSR count). The van der Waals surface area contributed by atoms with E-state index in [9.17, 15) is 4.79 Å². The molecule has 3 nitrogen and oxygen atoms in total. The molecule has 0 fully saturated rings. The van der Waals surface area contributed by atoms with Gasteiger partial charge in [-0.2, -0.15) is 0 Å². The van der Waals surface area contributed by atoms with Crippen LogP contribution in [0.1, 0.15) is 6.92 Å². The topological polar surface area (TPSA) is 49.3 Å². The van der Waals surface area contributed by atoms with Gasteiger partial charge in [0.2, 0.25) is 0 Å². The molecule has 0 saturated carbocycles. The van der Waals surface area contributed by atoms with Crippen molar-refractivity contribution < 1.29 is 9.90 Å². The van der Waals surface area contributed by atoms with Crippen molar-refractivity contribution in [1.82, 2.24) is 0 Å². The quantitative estimate of drug-likeness (QED) is 0.699. The SMILES string of the molecule is CC(O)C(=O)Nc1cccs1. The number of nitrogens with one attached hydrogen (secondary N) is 1. The molecule has 0 aliphatic rings. The van der Waals surface area contributed by atoms with Crippen LogP contribution in [0.3, 0.4) is 0 Å². The summed E-state index contributed by atoms with van der Waals surface area (Å²) < 4.78 is 0. The molecule has 0 aliphatic carbocycles. The van der Waals surface area contributed by atoms with Crippen LogP contribution in [-0.4, -0.2) is 17.1 Å². The van der Waals surface area contributed by atoms with E-state index >= 15 is 0 Å². The molecule has 1 aromatic rings. The van der Waals surface area contributed by atoms with Crippen LogP contribution in [0.4, 0.5) is 5.00 Å². The van der Waals surface area contributed by atoms with Crippen molar-refractivity contribution in [3.63, 3.8) is 0 Å². The number of anilines is 1. The van der Waals surface area contributed by atoms with Crippen LogP contribution in [0.5, 0.6) is 0 Å². The van der Waals surface area contributed by atoms with Crippen LogP contribution in [0.15, 0.2) is 17.5 Å². The minimum atomic E-state index is -0.947. The fourth-order valence-electron chi connectivity index (χ4n) is 0.576. The summed E-state index contributed by atoms with van der Waals surface area (Å²) >= 11 is 1.43. The molecule has 0 spiro atoms. The highest BCUT2D eigenvalue weighted by Crippen LogP contribution is 2.14. The van der Waals surface area contributed by atoms with Crippen LogP contribution in [0.25, 0.3) is 0 Å². The fraction of sp³-hybridized carbons (Fsp3) is 0.286. The van der Waals surface area contributed by atoms with Crippen LogP contribution >= 0.6 is 11.3 Å². The Bertz CT molecular complexity index is 231. The summed E-state index contributed by atoms with van der Waals surface area (Å²) in [4.78, 5) is 10.9. The Kier molecular flexibility index (Phi) is 2.62. The van der Waals surface area contributed by atoms with E-state index in [2.05, 4.69) is 5.32 Å². The van der Waals surface area contributed by atoms with Gasteiger partial charge in [0.25, 0.3) is 5.91 Å². The van der Waals surface area contributed by atoms with Crippen LogP contribution in [0, 0.1) is 0 Å². The lowest BCUT2D eigenvalue weighted by atomic mass is 10.4. The lowest BCUT2D eigenvalue weighted by Crippen LogP contribution is -2.23. The molecule has 4 heteroatoms. The van der Waals surface area contributed by atoms with Crippen LogP contribution < -0.4 is 5.32 Å². The van der Waals surface area contributed by atoms with Crippen molar-refractivity contribution in [2.24, 2.45) is 0 Å². The zero-order valence-electron chi connectivity index (χ0n) is 6.07. The second-order valence-electron chi connectivity index (χ2n) is 2.14. The number of carbonyl (C=O) groups excluding carboxylic acids is 1. The molecule has 60 valence electrons. The maximum absolute atomic E-state index is 10.9. The molecule has 0 radical (unpaired) electrons. The first kappa shape index (κ1) is 8.23. The summed E-state index contributed by atoms with van der Waals surface area (Å²) in [5.74, 6) is -0.368. The number of amides is 1. The highest BCUT2D eigenvalue weighted by Gasteiger charge is 2.08. The first-order chi connectivity index (χ1) is 5.20. The summed E-state index contributed by atoms with van der Waals surface area (Å²) in [6, 6.07) is 3.62. The van der Waals surface area contributed by atoms with E-state index in [1.807, 2.05) is 11.4 Å². The predicted molar refractivity (Wildman–Crippen MR) is 44.6 cm³/mol. The Balaban J connectivity index is 2.50. The second-order valence-corrected chi connectivity index (χ2v) is 3.09. The molecular formula is C7H9NO2S. The summed E-state index contributed by atoms with van der Waals surface area (Å²) in [5, 5.41) is 14.0. The normalized spacial score (nSPS) is 12.5. The highest BCUT2D eigenvalue weighted by molar-refractivity contribution is 7.14. The van der Waals surface area contributed by atoms with E-state index in [1.165, 1.54) is 18.3 Å². The molecule has 2 N–H and O–H groups in total. The maximum atomic E-state index is 10.9. The molecule has 1 amide bonds. The Labute approximate surface area is 68.7 Å². The van der Waals surface area contributed by atoms with Gasteiger partial charge in [-0.05, 0) is 24.4 Å². The highest BCUT2D eigenvalue weighted by atomic mass is 32.1. The maximum Gasteiger partial charge on any atom is 0.253 e. The van der Waals surface area contributed by atoms with Crippen molar-refractivity contribution in [3.05, 3.63) is 17.5 Å². The lowest BCUT2D eigenvalue weighted by molar-refractivity contribution is -0.123. The molecule has 1 heterocycles. The molecule has 0 aliphatic heterocycles. The van der Waals surface area contributed by atoms with E-state index in [0.717, 1.165) is 5.00 Å². The van der Waals surface area contributed by atoms with E-state index in [4.69, 9.17) is 5.11 Å². The average molecular weight is 171 g/mol. The Morgan fingerprint density at radius 2 is 2.55 bits per heavy atom. The van der Waals surface area contributed by atoms with E-state index in [-0.39, 0.29) is 5.91 Å². The molecular weight excluding hydrogens is 162 g/mol.